The van der Waals surface area contributed by atoms with Crippen LogP contribution in [-0.4, -0.2) is 50.0 Å². The molecule has 0 bridgehead atoms. The van der Waals surface area contributed by atoms with E-state index in [0.29, 0.717) is 33.4 Å². The van der Waals surface area contributed by atoms with Crippen molar-refractivity contribution in [3.63, 3.8) is 0 Å². The molecule has 0 saturated carbocycles. The van der Waals surface area contributed by atoms with Gasteiger partial charge in [0.2, 0.25) is 21.8 Å². The number of sulfonamides is 1. The van der Waals surface area contributed by atoms with Crippen molar-refractivity contribution < 1.29 is 31.2 Å². The quantitative estimate of drug-likeness (QED) is 0.422. The van der Waals surface area contributed by atoms with Crippen molar-refractivity contribution in [2.24, 2.45) is 0 Å². The van der Waals surface area contributed by atoms with Crippen molar-refractivity contribution in [2.75, 3.05) is 17.1 Å². The van der Waals surface area contributed by atoms with Crippen LogP contribution in [0.25, 0.3) is 0 Å². The average Bonchev–Trinajstić information content (AvgIpc) is 2.80. The molecule has 0 saturated heterocycles. The van der Waals surface area contributed by atoms with Gasteiger partial charge in [-0.2, -0.15) is 13.2 Å². The van der Waals surface area contributed by atoms with Crippen LogP contribution in [0.3, 0.4) is 0 Å². The van der Waals surface area contributed by atoms with Gasteiger partial charge < -0.3 is 10.2 Å². The summed E-state index contributed by atoms with van der Waals surface area (Å²) in [5.41, 5.74) is -1.16. The number of nitrogens with zero attached hydrogens (tertiary/aromatic N) is 2. The van der Waals surface area contributed by atoms with Crippen molar-refractivity contribution in [1.29, 1.82) is 0 Å². The van der Waals surface area contributed by atoms with Crippen molar-refractivity contribution in [1.82, 2.24) is 10.2 Å². The van der Waals surface area contributed by atoms with Crippen LogP contribution in [0.5, 0.6) is 0 Å². The number of anilines is 1. The summed E-state index contributed by atoms with van der Waals surface area (Å²) in [5.74, 6) is -1.33. The fraction of sp³-hybridized carbons (Fsp3) is 0.417. The molecular formula is C24H28Cl2F3N3O4S. The Balaban J connectivity index is 2.51. The number of nitrogens with one attached hydrogen (secondary N) is 1. The molecule has 0 heterocycles. The van der Waals surface area contributed by atoms with E-state index in [9.17, 15) is 31.2 Å². The number of amides is 2. The molecule has 204 valence electrons. The van der Waals surface area contributed by atoms with Gasteiger partial charge in [-0.25, -0.2) is 8.42 Å². The lowest BCUT2D eigenvalue weighted by molar-refractivity contribution is -0.139. The highest BCUT2D eigenvalue weighted by molar-refractivity contribution is 7.92. The fourth-order valence-corrected chi connectivity index (χ4v) is 4.65. The van der Waals surface area contributed by atoms with Crippen molar-refractivity contribution >= 4 is 50.7 Å². The van der Waals surface area contributed by atoms with E-state index >= 15 is 0 Å². The van der Waals surface area contributed by atoms with Crippen LogP contribution in [-0.2, 0) is 32.3 Å². The topological polar surface area (TPSA) is 86.8 Å². The van der Waals surface area contributed by atoms with Gasteiger partial charge in [-0.1, -0.05) is 48.3 Å². The molecule has 0 aromatic heterocycles. The normalized spacial score (nSPS) is 13.5. The smallest absolute Gasteiger partial charge is 0.352 e. The molecule has 2 rings (SSSR count). The molecular weight excluding hydrogens is 554 g/mol. The highest BCUT2D eigenvalue weighted by atomic mass is 35.5. The molecule has 0 aliphatic rings. The number of hydrogen-bond donors (Lipinski definition) is 1. The third-order valence-corrected chi connectivity index (χ3v) is 7.50. The molecule has 7 nitrogen and oxygen atoms in total. The van der Waals surface area contributed by atoms with E-state index in [1.807, 2.05) is 6.92 Å². The lowest BCUT2D eigenvalue weighted by atomic mass is 10.1. The maximum atomic E-state index is 13.5. The summed E-state index contributed by atoms with van der Waals surface area (Å²) < 4.78 is 65.7. The van der Waals surface area contributed by atoms with E-state index in [4.69, 9.17) is 23.2 Å². The van der Waals surface area contributed by atoms with Crippen LogP contribution in [0.4, 0.5) is 18.9 Å². The van der Waals surface area contributed by atoms with Crippen molar-refractivity contribution in [3.8, 4) is 0 Å². The molecule has 0 unspecified atom stereocenters. The lowest BCUT2D eigenvalue weighted by Gasteiger charge is -2.32. The van der Waals surface area contributed by atoms with Crippen LogP contribution in [0.2, 0.25) is 10.0 Å². The first-order chi connectivity index (χ1) is 17.1. The van der Waals surface area contributed by atoms with Gasteiger partial charge in [0.1, 0.15) is 12.6 Å². The Kier molecular flexibility index (Phi) is 10.3. The van der Waals surface area contributed by atoms with Gasteiger partial charge in [0.15, 0.2) is 0 Å². The number of carbonyl (C=O) groups is 2. The number of carbonyl (C=O) groups excluding carboxylic acids is 2. The van der Waals surface area contributed by atoms with Crippen molar-refractivity contribution in [2.45, 2.75) is 52.0 Å². The summed E-state index contributed by atoms with van der Waals surface area (Å²) in [6.07, 6.45) is -3.40. The number of benzene rings is 2. The predicted molar refractivity (Wildman–Crippen MR) is 138 cm³/mol. The summed E-state index contributed by atoms with van der Waals surface area (Å²) in [7, 11) is -4.27. The van der Waals surface area contributed by atoms with Gasteiger partial charge in [0.25, 0.3) is 0 Å². The Labute approximate surface area is 224 Å². The van der Waals surface area contributed by atoms with Gasteiger partial charge in [-0.3, -0.25) is 13.9 Å². The maximum absolute atomic E-state index is 13.5. The molecule has 0 aliphatic carbocycles. The standard InChI is InChI=1S/C24H28Cl2F3N3O4S/c1-5-15(2)30-23(34)16(3)31(13-17-8-6-7-9-19(17)25)22(33)14-32(37(4,35)36)21-12-18(24(27,28)29)10-11-20(21)26/h6-12,15-16H,5,13-14H2,1-4H3,(H,30,34)/t15-,16+/m1/s1. The second-order valence-corrected chi connectivity index (χ2v) is 11.3. The minimum atomic E-state index is -4.77. The van der Waals surface area contributed by atoms with Gasteiger partial charge in [-0.15, -0.1) is 0 Å². The molecule has 0 radical (unpaired) electrons. The molecule has 37 heavy (non-hydrogen) atoms. The second-order valence-electron chi connectivity index (χ2n) is 8.54. The Morgan fingerprint density at radius 3 is 2.22 bits per heavy atom. The van der Waals surface area contributed by atoms with E-state index in [1.54, 1.807) is 31.2 Å². The largest absolute Gasteiger partial charge is 0.416 e. The predicted octanol–water partition coefficient (Wildman–Crippen LogP) is 5.11. The monoisotopic (exact) mass is 581 g/mol. The zero-order valence-corrected chi connectivity index (χ0v) is 23.0. The minimum Gasteiger partial charge on any atom is -0.352 e. The number of halogens is 5. The number of hydrogen-bond acceptors (Lipinski definition) is 4. The fourth-order valence-electron chi connectivity index (χ4n) is 3.33. The third kappa shape index (κ3) is 8.24. The maximum Gasteiger partial charge on any atom is 0.416 e. The van der Waals surface area contributed by atoms with Gasteiger partial charge in [0, 0.05) is 17.6 Å². The highest BCUT2D eigenvalue weighted by Crippen LogP contribution is 2.36. The van der Waals surface area contributed by atoms with E-state index in [1.165, 1.54) is 6.92 Å². The first-order valence-corrected chi connectivity index (χ1v) is 13.8. The minimum absolute atomic E-state index is 0.151. The summed E-state index contributed by atoms with van der Waals surface area (Å²) in [4.78, 5) is 27.5. The molecule has 2 aromatic rings. The first kappa shape index (κ1) is 30.7. The SMILES string of the molecule is CC[C@@H](C)NC(=O)[C@H](C)N(Cc1ccccc1Cl)C(=O)CN(c1cc(C(F)(F)F)ccc1Cl)S(C)(=O)=O. The summed E-state index contributed by atoms with van der Waals surface area (Å²) >= 11 is 12.3. The zero-order chi connectivity index (χ0) is 28.1. The molecule has 0 spiro atoms. The number of rotatable bonds is 10. The van der Waals surface area contributed by atoms with Gasteiger partial charge in [0.05, 0.1) is 22.5 Å². The van der Waals surface area contributed by atoms with E-state index in [0.717, 1.165) is 17.2 Å². The zero-order valence-electron chi connectivity index (χ0n) is 20.6. The van der Waals surface area contributed by atoms with Crippen LogP contribution in [0, 0.1) is 0 Å². The molecule has 2 amide bonds. The summed E-state index contributed by atoms with van der Waals surface area (Å²) in [6.45, 7) is 4.07. The van der Waals surface area contributed by atoms with Crippen LogP contribution < -0.4 is 9.62 Å². The molecule has 0 fully saturated rings. The van der Waals surface area contributed by atoms with E-state index in [-0.39, 0.29) is 17.6 Å². The van der Waals surface area contributed by atoms with Crippen LogP contribution >= 0.6 is 23.2 Å². The second kappa shape index (κ2) is 12.4. The third-order valence-electron chi connectivity index (χ3n) is 5.69. The molecule has 2 atom stereocenters. The highest BCUT2D eigenvalue weighted by Gasteiger charge is 2.35. The van der Waals surface area contributed by atoms with E-state index in [2.05, 4.69) is 5.32 Å². The molecule has 2 aromatic carbocycles. The Hall–Kier alpha value is -2.50. The first-order valence-electron chi connectivity index (χ1n) is 11.2. The van der Waals surface area contributed by atoms with Crippen molar-refractivity contribution in [3.05, 3.63) is 63.6 Å². The summed E-state index contributed by atoms with van der Waals surface area (Å²) in [6, 6.07) is 7.52. The average molecular weight is 582 g/mol. The van der Waals surface area contributed by atoms with Crippen LogP contribution in [0.1, 0.15) is 38.3 Å². The van der Waals surface area contributed by atoms with E-state index < -0.39 is 51.9 Å². The van der Waals surface area contributed by atoms with Crippen LogP contribution in [0.15, 0.2) is 42.5 Å². The summed E-state index contributed by atoms with van der Waals surface area (Å²) in [5, 5.41) is 2.79. The molecule has 13 heteroatoms. The Bertz CT molecular complexity index is 1240. The lowest BCUT2D eigenvalue weighted by Crippen LogP contribution is -2.52. The Morgan fingerprint density at radius 2 is 1.68 bits per heavy atom. The number of alkyl halides is 3. The molecule has 0 aliphatic heterocycles. The van der Waals surface area contributed by atoms with Gasteiger partial charge in [-0.05, 0) is 50.1 Å². The van der Waals surface area contributed by atoms with Gasteiger partial charge >= 0.3 is 6.18 Å². The Morgan fingerprint density at radius 1 is 1.05 bits per heavy atom. The molecule has 1 N–H and O–H groups in total.